The fourth-order valence-corrected chi connectivity index (χ4v) is 3.34. The topological polar surface area (TPSA) is 12.0 Å². The normalized spacial score (nSPS) is 21.5. The molecule has 1 atom stereocenters. The minimum absolute atomic E-state index is 0.635. The summed E-state index contributed by atoms with van der Waals surface area (Å²) in [5, 5.41) is 5.82. The van der Waals surface area contributed by atoms with Crippen molar-refractivity contribution in [2.24, 2.45) is 0 Å². The van der Waals surface area contributed by atoms with E-state index in [1.165, 1.54) is 18.6 Å². The van der Waals surface area contributed by atoms with Gasteiger partial charge < -0.3 is 5.32 Å². The maximum absolute atomic E-state index is 3.59. The Bertz CT molecular complexity index is 270. The molecule has 1 aliphatic rings. The minimum Gasteiger partial charge on any atom is -0.309 e. The Hall–Kier alpha value is 0.01000. The molecule has 1 N–H and O–H groups in total. The van der Waals surface area contributed by atoms with Crippen LogP contribution < -0.4 is 5.32 Å². The molecule has 2 heterocycles. The van der Waals surface area contributed by atoms with Crippen molar-refractivity contribution in [3.05, 3.63) is 21.9 Å². The Morgan fingerprint density at radius 2 is 2.62 bits per heavy atom. The number of hydrogen-bond donors (Lipinski definition) is 1. The zero-order valence-electron chi connectivity index (χ0n) is 7.88. The molecule has 13 heavy (non-hydrogen) atoms. The number of fused-ring (bicyclic) bond motifs is 1. The lowest BCUT2D eigenvalue weighted by atomic mass is 10.0. The first-order valence-electron chi connectivity index (χ1n) is 4.70. The van der Waals surface area contributed by atoms with Crippen LogP contribution in [-0.2, 0) is 6.42 Å². The van der Waals surface area contributed by atoms with Crippen molar-refractivity contribution in [3.63, 3.8) is 0 Å². The summed E-state index contributed by atoms with van der Waals surface area (Å²) in [5.41, 5.74) is 1.58. The predicted octanol–water partition coefficient (Wildman–Crippen LogP) is 2.69. The standard InChI is InChI=1S/C10H15NS2/c1-12-6-4-9-10-8(2-5-11-9)3-7-13-10/h3,7,9,11H,2,4-6H2,1H3. The molecule has 0 amide bonds. The van der Waals surface area contributed by atoms with E-state index in [0.717, 1.165) is 6.54 Å². The highest BCUT2D eigenvalue weighted by molar-refractivity contribution is 7.98. The SMILES string of the molecule is CSCCC1NCCc2ccsc21. The van der Waals surface area contributed by atoms with Gasteiger partial charge in [0.2, 0.25) is 0 Å². The Morgan fingerprint density at radius 3 is 3.46 bits per heavy atom. The van der Waals surface area contributed by atoms with Crippen molar-refractivity contribution in [1.29, 1.82) is 0 Å². The smallest absolute Gasteiger partial charge is 0.0425 e. The van der Waals surface area contributed by atoms with Crippen LogP contribution in [-0.4, -0.2) is 18.6 Å². The van der Waals surface area contributed by atoms with Crippen molar-refractivity contribution < 1.29 is 0 Å². The van der Waals surface area contributed by atoms with E-state index >= 15 is 0 Å². The molecule has 0 aromatic carbocycles. The second kappa shape index (κ2) is 4.49. The molecular weight excluding hydrogens is 198 g/mol. The fourth-order valence-electron chi connectivity index (χ4n) is 1.80. The summed E-state index contributed by atoms with van der Waals surface area (Å²) >= 11 is 3.85. The van der Waals surface area contributed by atoms with Crippen molar-refractivity contribution in [1.82, 2.24) is 5.32 Å². The molecule has 0 saturated carbocycles. The van der Waals surface area contributed by atoms with Gasteiger partial charge in [0.05, 0.1) is 0 Å². The molecule has 0 radical (unpaired) electrons. The van der Waals surface area contributed by atoms with Crippen LogP contribution in [0.15, 0.2) is 11.4 Å². The molecule has 1 aromatic heterocycles. The number of thioether (sulfide) groups is 1. The summed E-state index contributed by atoms with van der Waals surface area (Å²) in [6.45, 7) is 1.16. The molecule has 0 aliphatic carbocycles. The summed E-state index contributed by atoms with van der Waals surface area (Å²) in [5.74, 6) is 1.26. The van der Waals surface area contributed by atoms with Crippen LogP contribution in [0.25, 0.3) is 0 Å². The molecule has 1 aromatic rings. The molecule has 1 nitrogen and oxygen atoms in total. The minimum atomic E-state index is 0.635. The van der Waals surface area contributed by atoms with E-state index in [-0.39, 0.29) is 0 Å². The third kappa shape index (κ3) is 2.09. The van der Waals surface area contributed by atoms with Crippen LogP contribution in [0.5, 0.6) is 0 Å². The molecule has 1 aliphatic heterocycles. The van der Waals surface area contributed by atoms with Crippen LogP contribution in [0.4, 0.5) is 0 Å². The zero-order chi connectivity index (χ0) is 9.10. The summed E-state index contributed by atoms with van der Waals surface area (Å²) in [7, 11) is 0. The van der Waals surface area contributed by atoms with E-state index in [9.17, 15) is 0 Å². The van der Waals surface area contributed by atoms with Gasteiger partial charge >= 0.3 is 0 Å². The molecule has 0 bridgehead atoms. The van der Waals surface area contributed by atoms with E-state index in [1.54, 1.807) is 10.4 Å². The van der Waals surface area contributed by atoms with Crippen LogP contribution in [0.1, 0.15) is 22.9 Å². The molecular formula is C10H15NS2. The maximum Gasteiger partial charge on any atom is 0.0425 e. The van der Waals surface area contributed by atoms with Crippen molar-refractivity contribution in [2.45, 2.75) is 18.9 Å². The highest BCUT2D eigenvalue weighted by Crippen LogP contribution is 2.30. The Kier molecular flexibility index (Phi) is 3.30. The Labute approximate surface area is 87.9 Å². The highest BCUT2D eigenvalue weighted by Gasteiger charge is 2.19. The van der Waals surface area contributed by atoms with Crippen LogP contribution in [0, 0.1) is 0 Å². The summed E-state index contributed by atoms with van der Waals surface area (Å²) in [4.78, 5) is 1.58. The largest absolute Gasteiger partial charge is 0.309 e. The zero-order valence-corrected chi connectivity index (χ0v) is 9.51. The molecule has 0 spiro atoms. The van der Waals surface area contributed by atoms with Gasteiger partial charge in [0.1, 0.15) is 0 Å². The second-order valence-electron chi connectivity index (χ2n) is 3.35. The van der Waals surface area contributed by atoms with Gasteiger partial charge in [0.25, 0.3) is 0 Å². The average Bonchev–Trinajstić information content (AvgIpc) is 2.62. The molecule has 1 unspecified atom stereocenters. The lowest BCUT2D eigenvalue weighted by Gasteiger charge is -2.23. The molecule has 72 valence electrons. The number of rotatable bonds is 3. The van der Waals surface area contributed by atoms with Gasteiger partial charge in [-0.3, -0.25) is 0 Å². The number of thiophene rings is 1. The summed E-state index contributed by atoms with van der Waals surface area (Å²) in [6, 6.07) is 2.92. The third-order valence-electron chi connectivity index (χ3n) is 2.49. The number of nitrogens with one attached hydrogen (secondary N) is 1. The third-order valence-corrected chi connectivity index (χ3v) is 4.21. The first kappa shape index (κ1) is 9.56. The van der Waals surface area contributed by atoms with Crippen LogP contribution in [0.2, 0.25) is 0 Å². The monoisotopic (exact) mass is 213 g/mol. The maximum atomic E-state index is 3.59. The van der Waals surface area contributed by atoms with Crippen molar-refractivity contribution in [2.75, 3.05) is 18.6 Å². The van der Waals surface area contributed by atoms with Gasteiger partial charge in [-0.25, -0.2) is 0 Å². The molecule has 0 fully saturated rings. The van der Waals surface area contributed by atoms with E-state index < -0.39 is 0 Å². The second-order valence-corrected chi connectivity index (χ2v) is 5.28. The highest BCUT2D eigenvalue weighted by atomic mass is 32.2. The van der Waals surface area contributed by atoms with E-state index in [2.05, 4.69) is 23.0 Å². The van der Waals surface area contributed by atoms with E-state index in [1.807, 2.05) is 23.1 Å². The van der Waals surface area contributed by atoms with Crippen molar-refractivity contribution in [3.8, 4) is 0 Å². The van der Waals surface area contributed by atoms with E-state index in [4.69, 9.17) is 0 Å². The molecule has 0 saturated heterocycles. The first-order chi connectivity index (χ1) is 6.42. The predicted molar refractivity (Wildman–Crippen MR) is 61.8 cm³/mol. The molecule has 3 heteroatoms. The van der Waals surface area contributed by atoms with E-state index in [0.29, 0.717) is 6.04 Å². The van der Waals surface area contributed by atoms with Gasteiger partial charge in [-0.1, -0.05) is 0 Å². The van der Waals surface area contributed by atoms with Gasteiger partial charge in [0.15, 0.2) is 0 Å². The Morgan fingerprint density at radius 1 is 1.69 bits per heavy atom. The van der Waals surface area contributed by atoms with Gasteiger partial charge in [-0.2, -0.15) is 11.8 Å². The van der Waals surface area contributed by atoms with Crippen molar-refractivity contribution >= 4 is 23.1 Å². The Balaban J connectivity index is 2.07. The van der Waals surface area contributed by atoms with Crippen LogP contribution >= 0.6 is 23.1 Å². The van der Waals surface area contributed by atoms with Gasteiger partial charge in [-0.05, 0) is 48.4 Å². The fraction of sp³-hybridized carbons (Fsp3) is 0.600. The average molecular weight is 213 g/mol. The van der Waals surface area contributed by atoms with Crippen LogP contribution in [0.3, 0.4) is 0 Å². The lowest BCUT2D eigenvalue weighted by molar-refractivity contribution is 0.505. The van der Waals surface area contributed by atoms with Gasteiger partial charge in [-0.15, -0.1) is 11.3 Å². The molecule has 2 rings (SSSR count). The summed E-state index contributed by atoms with van der Waals surface area (Å²) in [6.07, 6.45) is 4.67. The quantitative estimate of drug-likeness (QED) is 0.828. The first-order valence-corrected chi connectivity index (χ1v) is 6.97. The van der Waals surface area contributed by atoms with Gasteiger partial charge in [0, 0.05) is 10.9 Å². The lowest BCUT2D eigenvalue weighted by Crippen LogP contribution is -2.28. The summed E-state index contributed by atoms with van der Waals surface area (Å²) < 4.78 is 0. The number of hydrogen-bond acceptors (Lipinski definition) is 3.